The van der Waals surface area contributed by atoms with Crippen LogP contribution < -0.4 is 20.5 Å². The molecule has 2 aromatic rings. The normalized spacial score (nSPS) is 14.5. The molecule has 1 N–H and O–H groups in total. The van der Waals surface area contributed by atoms with Crippen LogP contribution in [0.15, 0.2) is 23.0 Å². The average molecular weight is 500 g/mol. The lowest BCUT2D eigenvalue weighted by Gasteiger charge is -2.31. The lowest BCUT2D eigenvalue weighted by Crippen LogP contribution is -2.47. The summed E-state index contributed by atoms with van der Waals surface area (Å²) in [6.07, 6.45) is 1.78. The Morgan fingerprint density at radius 3 is 2.42 bits per heavy atom. The Hall–Kier alpha value is -3.24. The smallest absolute Gasteiger partial charge is 0.330 e. The predicted octanol–water partition coefficient (Wildman–Crippen LogP) is 1.98. The van der Waals surface area contributed by atoms with E-state index in [-0.39, 0.29) is 11.7 Å². The SMILES string of the molecule is CCCOc1ccc(NC(=O)CN2CCN(C)CC2)cc1-c1nc(CC)c(CC)c(=O)n1OC(C)=O. The molecule has 196 valence electrons. The first kappa shape index (κ1) is 27.3. The summed E-state index contributed by atoms with van der Waals surface area (Å²) in [6, 6.07) is 5.20. The second-order valence-corrected chi connectivity index (χ2v) is 8.94. The van der Waals surface area contributed by atoms with Crippen molar-refractivity contribution in [3.05, 3.63) is 39.8 Å². The molecule has 0 aliphatic carbocycles. The lowest BCUT2D eigenvalue weighted by atomic mass is 10.1. The third-order valence-electron chi connectivity index (χ3n) is 6.06. The zero-order chi connectivity index (χ0) is 26.2. The first-order valence-electron chi connectivity index (χ1n) is 12.6. The second kappa shape index (κ2) is 12.6. The summed E-state index contributed by atoms with van der Waals surface area (Å²) >= 11 is 0. The monoisotopic (exact) mass is 499 g/mol. The van der Waals surface area contributed by atoms with Crippen molar-refractivity contribution in [3.8, 4) is 17.1 Å². The zero-order valence-corrected chi connectivity index (χ0v) is 21.9. The maximum Gasteiger partial charge on any atom is 0.330 e. The van der Waals surface area contributed by atoms with Crippen LogP contribution in [-0.4, -0.2) is 77.8 Å². The summed E-state index contributed by atoms with van der Waals surface area (Å²) in [5.74, 6) is -0.133. The van der Waals surface area contributed by atoms with E-state index in [0.29, 0.717) is 54.3 Å². The maximum absolute atomic E-state index is 13.3. The summed E-state index contributed by atoms with van der Waals surface area (Å²) in [4.78, 5) is 52.3. The van der Waals surface area contributed by atoms with E-state index in [2.05, 4.69) is 22.2 Å². The van der Waals surface area contributed by atoms with Gasteiger partial charge in [0.05, 0.1) is 24.4 Å². The minimum Gasteiger partial charge on any atom is -0.493 e. The number of hydrogen-bond acceptors (Lipinski definition) is 8. The van der Waals surface area contributed by atoms with Gasteiger partial charge in [0.2, 0.25) is 5.91 Å². The van der Waals surface area contributed by atoms with Gasteiger partial charge in [0.1, 0.15) is 5.75 Å². The molecule has 10 nitrogen and oxygen atoms in total. The van der Waals surface area contributed by atoms with Crippen molar-refractivity contribution in [1.29, 1.82) is 0 Å². The number of aryl methyl sites for hydroxylation is 1. The predicted molar refractivity (Wildman–Crippen MR) is 138 cm³/mol. The molecule has 0 unspecified atom stereocenters. The van der Waals surface area contributed by atoms with Crippen molar-refractivity contribution in [2.75, 3.05) is 51.7 Å². The Labute approximate surface area is 212 Å². The topological polar surface area (TPSA) is 106 Å². The van der Waals surface area contributed by atoms with E-state index < -0.39 is 11.5 Å². The number of carbonyl (C=O) groups is 2. The summed E-state index contributed by atoms with van der Waals surface area (Å²) in [5, 5.41) is 2.95. The van der Waals surface area contributed by atoms with Crippen molar-refractivity contribution in [2.45, 2.75) is 47.0 Å². The molecule has 1 saturated heterocycles. The van der Waals surface area contributed by atoms with Crippen LogP contribution in [0.5, 0.6) is 5.75 Å². The molecule has 1 aliphatic heterocycles. The minimum atomic E-state index is -0.640. The van der Waals surface area contributed by atoms with E-state index >= 15 is 0 Å². The Bertz CT molecular complexity index is 1140. The van der Waals surface area contributed by atoms with Gasteiger partial charge in [-0.05, 0) is 44.5 Å². The van der Waals surface area contributed by atoms with Crippen molar-refractivity contribution >= 4 is 17.6 Å². The van der Waals surface area contributed by atoms with Crippen molar-refractivity contribution in [1.82, 2.24) is 19.5 Å². The summed E-state index contributed by atoms with van der Waals surface area (Å²) in [6.45, 7) is 11.3. The molecule has 1 aliphatic rings. The molecule has 0 bridgehead atoms. The summed E-state index contributed by atoms with van der Waals surface area (Å²) in [5.41, 5.74) is 1.69. The van der Waals surface area contributed by atoms with Crippen molar-refractivity contribution in [3.63, 3.8) is 0 Å². The highest BCUT2D eigenvalue weighted by Gasteiger charge is 2.22. The van der Waals surface area contributed by atoms with Gasteiger partial charge < -0.3 is 19.8 Å². The fourth-order valence-corrected chi connectivity index (χ4v) is 4.14. The highest BCUT2D eigenvalue weighted by molar-refractivity contribution is 5.93. The number of likely N-dealkylation sites (N-methyl/N-ethyl adjacent to an activating group) is 1. The first-order valence-corrected chi connectivity index (χ1v) is 12.6. The molecule has 1 aromatic carbocycles. The molecular weight excluding hydrogens is 462 g/mol. The van der Waals surface area contributed by atoms with E-state index in [1.807, 2.05) is 20.8 Å². The molecule has 1 amide bonds. The van der Waals surface area contributed by atoms with E-state index in [0.717, 1.165) is 37.3 Å². The van der Waals surface area contributed by atoms with E-state index in [9.17, 15) is 14.4 Å². The van der Waals surface area contributed by atoms with Gasteiger partial charge in [-0.3, -0.25) is 14.5 Å². The summed E-state index contributed by atoms with van der Waals surface area (Å²) in [7, 11) is 2.07. The number of benzene rings is 1. The zero-order valence-electron chi connectivity index (χ0n) is 21.9. The van der Waals surface area contributed by atoms with Crippen LogP contribution in [-0.2, 0) is 22.4 Å². The highest BCUT2D eigenvalue weighted by Crippen LogP contribution is 2.32. The van der Waals surface area contributed by atoms with Crippen LogP contribution in [0.1, 0.15) is 45.4 Å². The number of ether oxygens (including phenoxy) is 1. The van der Waals surface area contributed by atoms with Crippen molar-refractivity contribution < 1.29 is 19.2 Å². The average Bonchev–Trinajstić information content (AvgIpc) is 2.85. The van der Waals surface area contributed by atoms with Gasteiger partial charge in [0.15, 0.2) is 5.82 Å². The number of amides is 1. The number of nitrogens with zero attached hydrogens (tertiary/aromatic N) is 4. The molecule has 36 heavy (non-hydrogen) atoms. The van der Waals surface area contributed by atoms with E-state index in [1.165, 1.54) is 6.92 Å². The van der Waals surface area contributed by atoms with E-state index in [4.69, 9.17) is 14.6 Å². The van der Waals surface area contributed by atoms with Crippen LogP contribution in [0.3, 0.4) is 0 Å². The van der Waals surface area contributed by atoms with Gasteiger partial charge in [0, 0.05) is 44.4 Å². The Morgan fingerprint density at radius 1 is 1.08 bits per heavy atom. The number of anilines is 1. The maximum atomic E-state index is 13.3. The Balaban J connectivity index is 2.02. The standard InChI is InChI=1S/C26H37N5O5/c1-6-15-35-23-10-9-19(27-24(33)17-30-13-11-29(5)12-14-30)16-21(23)25-28-22(8-3)20(7-2)26(34)31(25)36-18(4)32/h9-10,16H,6-8,11-15,17H2,1-5H3,(H,27,33). The van der Waals surface area contributed by atoms with Crippen LogP contribution >= 0.6 is 0 Å². The molecule has 10 heteroatoms. The molecule has 0 spiro atoms. The molecule has 0 radical (unpaired) electrons. The van der Waals surface area contributed by atoms with Crippen molar-refractivity contribution in [2.24, 2.45) is 0 Å². The Kier molecular flexibility index (Phi) is 9.60. The first-order chi connectivity index (χ1) is 17.3. The molecule has 1 aromatic heterocycles. The van der Waals surface area contributed by atoms with Crippen LogP contribution in [0.4, 0.5) is 5.69 Å². The third kappa shape index (κ3) is 6.70. The second-order valence-electron chi connectivity index (χ2n) is 8.94. The quantitative estimate of drug-likeness (QED) is 0.529. The molecule has 0 atom stereocenters. The van der Waals surface area contributed by atoms with E-state index in [1.54, 1.807) is 18.2 Å². The number of nitrogens with one attached hydrogen (secondary N) is 1. The number of carbonyl (C=O) groups excluding carboxylic acids is 2. The number of rotatable bonds is 10. The number of hydrogen-bond donors (Lipinski definition) is 1. The fourth-order valence-electron chi connectivity index (χ4n) is 4.14. The van der Waals surface area contributed by atoms with Gasteiger partial charge in [-0.1, -0.05) is 20.8 Å². The van der Waals surface area contributed by atoms with Gasteiger partial charge in [0.25, 0.3) is 5.56 Å². The molecule has 0 saturated carbocycles. The molecule has 2 heterocycles. The Morgan fingerprint density at radius 2 is 1.81 bits per heavy atom. The van der Waals surface area contributed by atoms with Gasteiger partial charge in [-0.15, -0.1) is 4.73 Å². The highest BCUT2D eigenvalue weighted by atomic mass is 16.7. The van der Waals surface area contributed by atoms with Gasteiger partial charge in [-0.25, -0.2) is 9.78 Å². The van der Waals surface area contributed by atoms with Gasteiger partial charge in [-0.2, -0.15) is 0 Å². The number of aromatic nitrogens is 2. The lowest BCUT2D eigenvalue weighted by molar-refractivity contribution is -0.141. The molecule has 3 rings (SSSR count). The molecule has 1 fully saturated rings. The van der Waals surface area contributed by atoms with Crippen LogP contribution in [0, 0.1) is 0 Å². The van der Waals surface area contributed by atoms with Crippen LogP contribution in [0.2, 0.25) is 0 Å². The summed E-state index contributed by atoms with van der Waals surface area (Å²) < 4.78 is 6.88. The van der Waals surface area contributed by atoms with Crippen LogP contribution in [0.25, 0.3) is 11.4 Å². The minimum absolute atomic E-state index is 0.131. The largest absolute Gasteiger partial charge is 0.493 e. The molecular formula is C26H37N5O5. The fraction of sp³-hybridized carbons (Fsp3) is 0.538. The number of piperazine rings is 1. The van der Waals surface area contributed by atoms with Gasteiger partial charge >= 0.3 is 5.97 Å². The third-order valence-corrected chi connectivity index (χ3v) is 6.06.